The molecule has 8 nitrogen and oxygen atoms in total. The Morgan fingerprint density at radius 3 is 2.48 bits per heavy atom. The SMILES string of the molecule is CCc1cc(N2CCN(C(=O)CC[C@@]3(C)NC(=O)NC3=O)CC2)c(OC)cc1Cl. The van der Waals surface area contributed by atoms with E-state index in [-0.39, 0.29) is 24.7 Å². The number of benzene rings is 1. The second kappa shape index (κ2) is 8.49. The first kappa shape index (κ1) is 21.2. The van der Waals surface area contributed by atoms with Gasteiger partial charge < -0.3 is 19.9 Å². The Morgan fingerprint density at radius 2 is 1.93 bits per heavy atom. The summed E-state index contributed by atoms with van der Waals surface area (Å²) >= 11 is 6.30. The highest BCUT2D eigenvalue weighted by Crippen LogP contribution is 2.35. The Labute approximate surface area is 175 Å². The van der Waals surface area contributed by atoms with Crippen molar-refractivity contribution in [1.82, 2.24) is 15.5 Å². The molecule has 2 saturated heterocycles. The molecule has 9 heteroatoms. The van der Waals surface area contributed by atoms with Gasteiger partial charge in [-0.2, -0.15) is 0 Å². The van der Waals surface area contributed by atoms with Gasteiger partial charge in [0.05, 0.1) is 12.8 Å². The number of piperazine rings is 1. The third-order valence-electron chi connectivity index (χ3n) is 5.66. The van der Waals surface area contributed by atoms with Crippen molar-refractivity contribution >= 4 is 35.1 Å². The van der Waals surface area contributed by atoms with Gasteiger partial charge in [-0.15, -0.1) is 0 Å². The Hall–Kier alpha value is -2.48. The number of amides is 4. The first-order chi connectivity index (χ1) is 13.8. The summed E-state index contributed by atoms with van der Waals surface area (Å²) in [7, 11) is 1.62. The third kappa shape index (κ3) is 4.42. The van der Waals surface area contributed by atoms with E-state index >= 15 is 0 Å². The number of imide groups is 1. The quantitative estimate of drug-likeness (QED) is 0.683. The molecular formula is C20H27ClN4O4. The number of carbonyl (C=O) groups is 3. The molecule has 0 bridgehead atoms. The number of hydrogen-bond donors (Lipinski definition) is 2. The maximum absolute atomic E-state index is 12.6. The minimum atomic E-state index is -1.03. The molecule has 1 aromatic carbocycles. The fourth-order valence-electron chi connectivity index (χ4n) is 3.74. The van der Waals surface area contributed by atoms with Crippen LogP contribution < -0.4 is 20.3 Å². The Bertz CT molecular complexity index is 823. The molecule has 2 N–H and O–H groups in total. The van der Waals surface area contributed by atoms with Crippen LogP contribution in [0.15, 0.2) is 12.1 Å². The summed E-state index contributed by atoms with van der Waals surface area (Å²) in [6.45, 7) is 6.23. The lowest BCUT2D eigenvalue weighted by molar-refractivity contribution is -0.132. The molecule has 1 atom stereocenters. The van der Waals surface area contributed by atoms with Gasteiger partial charge in [0.15, 0.2) is 0 Å². The lowest BCUT2D eigenvalue weighted by Crippen LogP contribution is -2.50. The maximum Gasteiger partial charge on any atom is 0.322 e. The van der Waals surface area contributed by atoms with E-state index in [2.05, 4.69) is 28.5 Å². The number of methoxy groups -OCH3 is 1. The molecule has 158 valence electrons. The highest BCUT2D eigenvalue weighted by atomic mass is 35.5. The zero-order valence-corrected chi connectivity index (χ0v) is 17.8. The van der Waals surface area contributed by atoms with E-state index in [4.69, 9.17) is 16.3 Å². The van der Waals surface area contributed by atoms with Crippen molar-refractivity contribution in [2.75, 3.05) is 38.2 Å². The lowest BCUT2D eigenvalue weighted by Gasteiger charge is -2.37. The Kier molecular flexibility index (Phi) is 6.21. The zero-order valence-electron chi connectivity index (χ0n) is 17.0. The van der Waals surface area contributed by atoms with Gasteiger partial charge in [-0.1, -0.05) is 18.5 Å². The van der Waals surface area contributed by atoms with Gasteiger partial charge >= 0.3 is 6.03 Å². The summed E-state index contributed by atoms with van der Waals surface area (Å²) < 4.78 is 5.50. The normalized spacial score (nSPS) is 21.8. The second-order valence-corrected chi connectivity index (χ2v) is 7.98. The number of hydrogen-bond acceptors (Lipinski definition) is 5. The molecule has 0 radical (unpaired) electrons. The number of ether oxygens (including phenoxy) is 1. The number of rotatable bonds is 6. The summed E-state index contributed by atoms with van der Waals surface area (Å²) in [5.74, 6) is 0.321. The smallest absolute Gasteiger partial charge is 0.322 e. The number of halogens is 1. The monoisotopic (exact) mass is 422 g/mol. The van der Waals surface area contributed by atoms with Crippen LogP contribution in [-0.4, -0.2) is 61.6 Å². The van der Waals surface area contributed by atoms with Crippen LogP contribution in [0.1, 0.15) is 32.3 Å². The molecule has 1 aromatic rings. The van der Waals surface area contributed by atoms with Crippen molar-refractivity contribution in [3.8, 4) is 5.75 Å². The molecule has 0 aliphatic carbocycles. The minimum Gasteiger partial charge on any atom is -0.495 e. The predicted molar refractivity (Wildman–Crippen MR) is 110 cm³/mol. The number of carbonyl (C=O) groups excluding carboxylic acids is 3. The van der Waals surface area contributed by atoms with E-state index < -0.39 is 11.6 Å². The predicted octanol–water partition coefficient (Wildman–Crippen LogP) is 1.94. The van der Waals surface area contributed by atoms with Gasteiger partial charge in [-0.05, 0) is 31.4 Å². The van der Waals surface area contributed by atoms with Crippen LogP contribution in [-0.2, 0) is 16.0 Å². The van der Waals surface area contributed by atoms with Crippen LogP contribution in [0, 0.1) is 0 Å². The van der Waals surface area contributed by atoms with E-state index in [0.717, 1.165) is 23.4 Å². The number of anilines is 1. The van der Waals surface area contributed by atoms with Crippen molar-refractivity contribution < 1.29 is 19.1 Å². The topological polar surface area (TPSA) is 91.0 Å². The summed E-state index contributed by atoms with van der Waals surface area (Å²) in [5.41, 5.74) is 1.02. The molecule has 2 heterocycles. The largest absolute Gasteiger partial charge is 0.495 e. The summed E-state index contributed by atoms with van der Waals surface area (Å²) in [6.07, 6.45) is 1.31. The molecule has 0 unspecified atom stereocenters. The summed E-state index contributed by atoms with van der Waals surface area (Å²) in [5, 5.41) is 5.50. The standard InChI is InChI=1S/C20H27ClN4O4/c1-4-13-11-15(16(29-3)12-14(13)21)24-7-9-25(10-8-24)17(26)5-6-20(2)18(27)22-19(28)23-20/h11-12H,4-10H2,1-3H3,(H2,22,23,27,28)/t20-/m1/s1. The van der Waals surface area contributed by atoms with Gasteiger partial charge in [-0.25, -0.2) is 4.79 Å². The van der Waals surface area contributed by atoms with Crippen LogP contribution in [0.25, 0.3) is 0 Å². The molecular weight excluding hydrogens is 396 g/mol. The zero-order chi connectivity index (χ0) is 21.2. The molecule has 0 spiro atoms. The molecule has 0 aromatic heterocycles. The third-order valence-corrected chi connectivity index (χ3v) is 6.01. The maximum atomic E-state index is 12.6. The van der Waals surface area contributed by atoms with Gasteiger partial charge in [-0.3, -0.25) is 14.9 Å². The van der Waals surface area contributed by atoms with Crippen molar-refractivity contribution in [3.05, 3.63) is 22.7 Å². The van der Waals surface area contributed by atoms with Crippen LogP contribution in [0.4, 0.5) is 10.5 Å². The van der Waals surface area contributed by atoms with Crippen molar-refractivity contribution in [3.63, 3.8) is 0 Å². The first-order valence-corrected chi connectivity index (χ1v) is 10.2. The average molecular weight is 423 g/mol. The molecule has 2 fully saturated rings. The molecule has 2 aliphatic rings. The first-order valence-electron chi connectivity index (χ1n) is 9.80. The lowest BCUT2D eigenvalue weighted by atomic mass is 9.96. The fraction of sp³-hybridized carbons (Fsp3) is 0.550. The van der Waals surface area contributed by atoms with E-state index in [0.29, 0.717) is 31.2 Å². The second-order valence-electron chi connectivity index (χ2n) is 7.58. The summed E-state index contributed by atoms with van der Waals surface area (Å²) in [6, 6.07) is 3.39. The van der Waals surface area contributed by atoms with Gasteiger partial charge in [0.2, 0.25) is 5.91 Å². The minimum absolute atomic E-state index is 0.0165. The van der Waals surface area contributed by atoms with Crippen LogP contribution in [0.5, 0.6) is 5.75 Å². The average Bonchev–Trinajstić information content (AvgIpc) is 2.97. The van der Waals surface area contributed by atoms with Crippen LogP contribution >= 0.6 is 11.6 Å². The number of urea groups is 1. The molecule has 29 heavy (non-hydrogen) atoms. The van der Waals surface area contributed by atoms with Gasteiger partial charge in [0.25, 0.3) is 5.91 Å². The fourth-order valence-corrected chi connectivity index (χ4v) is 4.02. The van der Waals surface area contributed by atoms with E-state index in [1.807, 2.05) is 6.07 Å². The number of nitrogens with zero attached hydrogens (tertiary/aromatic N) is 2. The van der Waals surface area contributed by atoms with E-state index in [9.17, 15) is 14.4 Å². The van der Waals surface area contributed by atoms with Crippen molar-refractivity contribution in [2.24, 2.45) is 0 Å². The van der Waals surface area contributed by atoms with E-state index in [1.54, 1.807) is 18.9 Å². The van der Waals surface area contributed by atoms with Gasteiger partial charge in [0, 0.05) is 43.7 Å². The highest BCUT2D eigenvalue weighted by Gasteiger charge is 2.42. The Morgan fingerprint density at radius 1 is 1.24 bits per heavy atom. The van der Waals surface area contributed by atoms with E-state index in [1.165, 1.54) is 0 Å². The van der Waals surface area contributed by atoms with Crippen LogP contribution in [0.2, 0.25) is 5.02 Å². The summed E-state index contributed by atoms with van der Waals surface area (Å²) in [4.78, 5) is 39.8. The molecule has 2 aliphatic heterocycles. The Balaban J connectivity index is 1.59. The number of nitrogens with one attached hydrogen (secondary N) is 2. The number of aryl methyl sites for hydroxylation is 1. The van der Waals surface area contributed by atoms with Crippen molar-refractivity contribution in [2.45, 2.75) is 38.6 Å². The van der Waals surface area contributed by atoms with Crippen LogP contribution in [0.3, 0.4) is 0 Å². The van der Waals surface area contributed by atoms with Crippen molar-refractivity contribution in [1.29, 1.82) is 0 Å². The molecule has 0 saturated carbocycles. The molecule has 3 rings (SSSR count). The van der Waals surface area contributed by atoms with Gasteiger partial charge in [0.1, 0.15) is 11.3 Å². The molecule has 4 amide bonds. The highest BCUT2D eigenvalue weighted by molar-refractivity contribution is 6.31.